The number of para-hydroxylation sites is 2. The highest BCUT2D eigenvalue weighted by Crippen LogP contribution is 2.30. The fraction of sp³-hybridized carbons (Fsp3) is 0.105. The monoisotopic (exact) mass is 346 g/mol. The standard InChI is InChI=1S/C19H18N6O/c1-13-22-16-5-3-4-6-17(16)24(13)25(18-11-12-21-19(20)23-18)14-7-9-15(26-2)10-8-14/h3-12H,1-2H3,(H2,20,21,23). The molecule has 0 saturated heterocycles. The normalized spacial score (nSPS) is 10.8. The van der Waals surface area contributed by atoms with Crippen LogP contribution in [0.25, 0.3) is 11.0 Å². The van der Waals surface area contributed by atoms with E-state index < -0.39 is 0 Å². The first-order valence-corrected chi connectivity index (χ1v) is 8.14. The highest BCUT2D eigenvalue weighted by atomic mass is 16.5. The van der Waals surface area contributed by atoms with Crippen molar-refractivity contribution >= 4 is 28.5 Å². The van der Waals surface area contributed by atoms with Gasteiger partial charge in [-0.1, -0.05) is 12.1 Å². The topological polar surface area (TPSA) is 82.1 Å². The Labute approximate surface area is 150 Å². The molecule has 130 valence electrons. The smallest absolute Gasteiger partial charge is 0.221 e. The van der Waals surface area contributed by atoms with Crippen molar-refractivity contribution in [3.63, 3.8) is 0 Å². The van der Waals surface area contributed by atoms with E-state index in [1.807, 2.05) is 71.2 Å². The van der Waals surface area contributed by atoms with Crippen molar-refractivity contribution in [1.82, 2.24) is 19.6 Å². The lowest BCUT2D eigenvalue weighted by Gasteiger charge is -2.26. The molecule has 7 heteroatoms. The molecule has 0 aliphatic carbocycles. The van der Waals surface area contributed by atoms with Gasteiger partial charge in [0.2, 0.25) is 5.95 Å². The van der Waals surface area contributed by atoms with E-state index in [-0.39, 0.29) is 5.95 Å². The number of nitrogens with two attached hydrogens (primary N) is 1. The fourth-order valence-corrected chi connectivity index (χ4v) is 2.94. The maximum absolute atomic E-state index is 5.83. The molecule has 4 aromatic rings. The molecule has 0 aliphatic rings. The van der Waals surface area contributed by atoms with E-state index in [1.54, 1.807) is 13.3 Å². The maximum Gasteiger partial charge on any atom is 0.221 e. The number of hydrogen-bond donors (Lipinski definition) is 1. The third kappa shape index (κ3) is 2.69. The fourth-order valence-electron chi connectivity index (χ4n) is 2.94. The molecule has 0 radical (unpaired) electrons. The van der Waals surface area contributed by atoms with Gasteiger partial charge in [-0.2, -0.15) is 4.98 Å². The first kappa shape index (κ1) is 15.9. The van der Waals surface area contributed by atoms with Gasteiger partial charge in [0.1, 0.15) is 11.6 Å². The SMILES string of the molecule is COc1ccc(N(c2ccnc(N)n2)n2c(C)nc3ccccc32)cc1. The molecule has 4 rings (SSSR count). The van der Waals surface area contributed by atoms with E-state index in [1.165, 1.54) is 0 Å². The van der Waals surface area contributed by atoms with Gasteiger partial charge < -0.3 is 10.5 Å². The highest BCUT2D eigenvalue weighted by molar-refractivity contribution is 5.78. The Bertz CT molecular complexity index is 1060. The zero-order chi connectivity index (χ0) is 18.1. The summed E-state index contributed by atoms with van der Waals surface area (Å²) < 4.78 is 7.29. The molecule has 0 spiro atoms. The summed E-state index contributed by atoms with van der Waals surface area (Å²) in [5.74, 6) is 2.47. The molecular weight excluding hydrogens is 328 g/mol. The second kappa shape index (κ2) is 6.36. The summed E-state index contributed by atoms with van der Waals surface area (Å²) in [7, 11) is 1.64. The first-order valence-electron chi connectivity index (χ1n) is 8.14. The summed E-state index contributed by atoms with van der Waals surface area (Å²) in [4.78, 5) is 13.1. The van der Waals surface area contributed by atoms with Crippen LogP contribution in [-0.4, -0.2) is 26.7 Å². The molecule has 0 bridgehead atoms. The zero-order valence-electron chi connectivity index (χ0n) is 14.5. The van der Waals surface area contributed by atoms with E-state index in [0.717, 1.165) is 28.3 Å². The van der Waals surface area contributed by atoms with Gasteiger partial charge in [0.15, 0.2) is 5.82 Å². The first-order chi connectivity index (χ1) is 12.7. The molecule has 7 nitrogen and oxygen atoms in total. The predicted octanol–water partition coefficient (Wildman–Crippen LogP) is 3.33. The molecule has 0 aliphatic heterocycles. The van der Waals surface area contributed by atoms with Crippen LogP contribution < -0.4 is 15.5 Å². The second-order valence-corrected chi connectivity index (χ2v) is 5.74. The van der Waals surface area contributed by atoms with Crippen molar-refractivity contribution in [2.45, 2.75) is 6.92 Å². The number of aromatic nitrogens is 4. The molecule has 0 unspecified atom stereocenters. The third-order valence-corrected chi connectivity index (χ3v) is 4.09. The number of nitrogens with zero attached hydrogens (tertiary/aromatic N) is 5. The molecule has 0 atom stereocenters. The minimum atomic E-state index is 0.211. The van der Waals surface area contributed by atoms with Gasteiger partial charge in [0.25, 0.3) is 0 Å². The number of fused-ring (bicyclic) bond motifs is 1. The van der Waals surface area contributed by atoms with Crippen LogP contribution in [0, 0.1) is 6.92 Å². The van der Waals surface area contributed by atoms with Gasteiger partial charge >= 0.3 is 0 Å². The number of anilines is 3. The number of hydrogen-bond acceptors (Lipinski definition) is 6. The number of aryl methyl sites for hydroxylation is 1. The molecule has 0 saturated carbocycles. The average Bonchev–Trinajstić information content (AvgIpc) is 2.99. The maximum atomic E-state index is 5.83. The lowest BCUT2D eigenvalue weighted by Crippen LogP contribution is -2.26. The molecule has 0 amide bonds. The molecule has 2 aromatic carbocycles. The second-order valence-electron chi connectivity index (χ2n) is 5.74. The largest absolute Gasteiger partial charge is 0.497 e. The van der Waals surface area contributed by atoms with Crippen LogP contribution in [0.15, 0.2) is 60.8 Å². The van der Waals surface area contributed by atoms with Crippen LogP contribution in [0.2, 0.25) is 0 Å². The quantitative estimate of drug-likeness (QED) is 0.610. The molecule has 2 heterocycles. The van der Waals surface area contributed by atoms with Crippen molar-refractivity contribution in [2.75, 3.05) is 17.9 Å². The molecule has 2 aromatic heterocycles. The molecule has 0 fully saturated rings. The van der Waals surface area contributed by atoms with Crippen molar-refractivity contribution in [3.05, 3.63) is 66.6 Å². The van der Waals surface area contributed by atoms with Crippen molar-refractivity contribution in [1.29, 1.82) is 0 Å². The zero-order valence-corrected chi connectivity index (χ0v) is 14.5. The van der Waals surface area contributed by atoms with Crippen molar-refractivity contribution in [2.24, 2.45) is 0 Å². The number of benzene rings is 2. The van der Waals surface area contributed by atoms with Gasteiger partial charge in [0.05, 0.1) is 23.8 Å². The Morgan fingerprint density at radius 1 is 1.00 bits per heavy atom. The van der Waals surface area contributed by atoms with Gasteiger partial charge in [0, 0.05) is 12.3 Å². The Morgan fingerprint density at radius 2 is 1.77 bits per heavy atom. The number of methoxy groups -OCH3 is 1. The summed E-state index contributed by atoms with van der Waals surface area (Å²) in [5.41, 5.74) is 8.61. The van der Waals surface area contributed by atoms with E-state index in [4.69, 9.17) is 10.5 Å². The lowest BCUT2D eigenvalue weighted by molar-refractivity contribution is 0.415. The van der Waals surface area contributed by atoms with Crippen LogP contribution >= 0.6 is 0 Å². The number of imidazole rings is 1. The van der Waals surface area contributed by atoms with Gasteiger partial charge in [-0.15, -0.1) is 0 Å². The third-order valence-electron chi connectivity index (χ3n) is 4.09. The van der Waals surface area contributed by atoms with Gasteiger partial charge in [-0.05, 0) is 43.3 Å². The van der Waals surface area contributed by atoms with Crippen molar-refractivity contribution < 1.29 is 4.74 Å². The number of ether oxygens (including phenoxy) is 1. The van der Waals surface area contributed by atoms with Gasteiger partial charge in [-0.3, -0.25) is 0 Å². The Balaban J connectivity index is 1.96. The minimum absolute atomic E-state index is 0.211. The minimum Gasteiger partial charge on any atom is -0.497 e. The number of rotatable bonds is 4. The summed E-state index contributed by atoms with van der Waals surface area (Å²) in [6.45, 7) is 1.96. The van der Waals surface area contributed by atoms with E-state index >= 15 is 0 Å². The van der Waals surface area contributed by atoms with Crippen LogP contribution in [0.1, 0.15) is 5.82 Å². The highest BCUT2D eigenvalue weighted by Gasteiger charge is 2.19. The van der Waals surface area contributed by atoms with Crippen LogP contribution in [-0.2, 0) is 0 Å². The Hall–Kier alpha value is -3.61. The van der Waals surface area contributed by atoms with E-state index in [9.17, 15) is 0 Å². The summed E-state index contributed by atoms with van der Waals surface area (Å²) in [5, 5.41) is 1.96. The van der Waals surface area contributed by atoms with Crippen molar-refractivity contribution in [3.8, 4) is 5.75 Å². The number of nitrogen functional groups attached to an aromatic ring is 1. The van der Waals surface area contributed by atoms with E-state index in [2.05, 4.69) is 15.0 Å². The Morgan fingerprint density at radius 3 is 2.50 bits per heavy atom. The summed E-state index contributed by atoms with van der Waals surface area (Å²) >= 11 is 0. The summed E-state index contributed by atoms with van der Waals surface area (Å²) in [6.07, 6.45) is 1.64. The average molecular weight is 346 g/mol. The van der Waals surface area contributed by atoms with E-state index in [0.29, 0.717) is 5.82 Å². The van der Waals surface area contributed by atoms with Crippen LogP contribution in [0.3, 0.4) is 0 Å². The molecular formula is C19H18N6O. The van der Waals surface area contributed by atoms with Gasteiger partial charge in [-0.25, -0.2) is 19.7 Å². The predicted molar refractivity (Wildman–Crippen MR) is 101 cm³/mol. The molecule has 2 N–H and O–H groups in total. The molecule has 26 heavy (non-hydrogen) atoms. The lowest BCUT2D eigenvalue weighted by atomic mass is 10.3. The Kier molecular flexibility index (Phi) is 3.89. The van der Waals surface area contributed by atoms with Crippen LogP contribution in [0.4, 0.5) is 17.5 Å². The summed E-state index contributed by atoms with van der Waals surface area (Å²) in [6, 6.07) is 17.5. The van der Waals surface area contributed by atoms with Crippen LogP contribution in [0.5, 0.6) is 5.75 Å².